The van der Waals surface area contributed by atoms with E-state index in [2.05, 4.69) is 10.2 Å². The number of non-ortho nitro benzene ring substituents is 1. The minimum absolute atomic E-state index is 0.0768. The van der Waals surface area contributed by atoms with Crippen LogP contribution in [0.15, 0.2) is 58.6 Å². The maximum absolute atomic E-state index is 10.8. The third kappa shape index (κ3) is 3.70. The molecule has 0 atom stereocenters. The highest BCUT2D eigenvalue weighted by Crippen LogP contribution is 2.31. The van der Waals surface area contributed by atoms with Gasteiger partial charge in [0, 0.05) is 48.9 Å². The van der Waals surface area contributed by atoms with E-state index in [9.17, 15) is 10.1 Å². The van der Waals surface area contributed by atoms with Crippen molar-refractivity contribution >= 4 is 23.1 Å². The van der Waals surface area contributed by atoms with Crippen molar-refractivity contribution in [2.45, 2.75) is 23.5 Å². The first-order chi connectivity index (χ1) is 12.5. The van der Waals surface area contributed by atoms with Crippen LogP contribution in [-0.4, -0.2) is 33.8 Å². The highest BCUT2D eigenvalue weighted by Gasteiger charge is 2.14. The van der Waals surface area contributed by atoms with E-state index in [1.807, 2.05) is 54.8 Å². The summed E-state index contributed by atoms with van der Waals surface area (Å²) >= 11 is 1.44. The van der Waals surface area contributed by atoms with Gasteiger partial charge < -0.3 is 9.47 Å². The smallest absolute Gasteiger partial charge is 0.269 e. The number of benzene rings is 2. The Hall–Kier alpha value is -2.87. The predicted molar refractivity (Wildman–Crippen MR) is 103 cm³/mol. The molecule has 0 radical (unpaired) electrons. The Morgan fingerprint density at radius 2 is 1.73 bits per heavy atom. The summed E-state index contributed by atoms with van der Waals surface area (Å²) in [6, 6.07) is 14.6. The van der Waals surface area contributed by atoms with E-state index >= 15 is 0 Å². The van der Waals surface area contributed by atoms with Crippen LogP contribution in [0.5, 0.6) is 0 Å². The Kier molecular flexibility index (Phi) is 5.22. The average Bonchev–Trinajstić information content (AvgIpc) is 3.04. The maximum atomic E-state index is 10.8. The number of rotatable bonds is 6. The number of hydrogen-bond donors (Lipinski definition) is 0. The van der Waals surface area contributed by atoms with Gasteiger partial charge in [0.25, 0.3) is 5.69 Å². The second-order valence-electron chi connectivity index (χ2n) is 5.84. The molecule has 0 aliphatic carbocycles. The van der Waals surface area contributed by atoms with Crippen molar-refractivity contribution < 1.29 is 4.92 Å². The summed E-state index contributed by atoms with van der Waals surface area (Å²) in [7, 11) is 4.00. The van der Waals surface area contributed by atoms with E-state index in [1.165, 1.54) is 23.9 Å². The Bertz CT molecular complexity index is 904. The number of anilines is 1. The van der Waals surface area contributed by atoms with Crippen LogP contribution >= 0.6 is 11.8 Å². The third-order valence-corrected chi connectivity index (χ3v) is 4.92. The SMILES string of the molecule is CCn1c(Sc2ccc([N+](=O)[O-])cc2)nnc1-c1ccc(N(C)C)cc1. The van der Waals surface area contributed by atoms with Crippen LogP contribution in [0.4, 0.5) is 11.4 Å². The molecule has 0 spiro atoms. The van der Waals surface area contributed by atoms with E-state index < -0.39 is 4.92 Å². The molecule has 0 N–H and O–H groups in total. The molecule has 0 unspecified atom stereocenters. The lowest BCUT2D eigenvalue weighted by Crippen LogP contribution is -2.08. The van der Waals surface area contributed by atoms with E-state index in [-0.39, 0.29) is 5.69 Å². The van der Waals surface area contributed by atoms with Gasteiger partial charge in [0.2, 0.25) is 0 Å². The third-order valence-electron chi connectivity index (χ3n) is 3.93. The van der Waals surface area contributed by atoms with Crippen molar-refractivity contribution in [2.75, 3.05) is 19.0 Å². The number of hydrogen-bond acceptors (Lipinski definition) is 6. The van der Waals surface area contributed by atoms with E-state index in [1.54, 1.807) is 12.1 Å². The van der Waals surface area contributed by atoms with Crippen LogP contribution in [-0.2, 0) is 6.54 Å². The quantitative estimate of drug-likeness (QED) is 0.481. The van der Waals surface area contributed by atoms with Crippen molar-refractivity contribution in [3.8, 4) is 11.4 Å². The van der Waals surface area contributed by atoms with Crippen molar-refractivity contribution in [3.05, 3.63) is 58.6 Å². The second kappa shape index (κ2) is 7.57. The Balaban J connectivity index is 1.87. The molecule has 3 rings (SSSR count). The zero-order valence-electron chi connectivity index (χ0n) is 14.8. The molecule has 1 aromatic heterocycles. The number of nitrogens with zero attached hydrogens (tertiary/aromatic N) is 5. The average molecular weight is 369 g/mol. The van der Waals surface area contributed by atoms with Gasteiger partial charge in [-0.25, -0.2) is 0 Å². The zero-order chi connectivity index (χ0) is 18.7. The molecule has 7 nitrogen and oxygen atoms in total. The Morgan fingerprint density at radius 3 is 2.27 bits per heavy atom. The number of aromatic nitrogens is 3. The minimum Gasteiger partial charge on any atom is -0.378 e. The van der Waals surface area contributed by atoms with Crippen LogP contribution < -0.4 is 4.90 Å². The maximum Gasteiger partial charge on any atom is 0.269 e. The van der Waals surface area contributed by atoms with E-state index in [4.69, 9.17) is 0 Å². The summed E-state index contributed by atoms with van der Waals surface area (Å²) < 4.78 is 2.04. The van der Waals surface area contributed by atoms with E-state index in [0.29, 0.717) is 0 Å². The molecule has 0 fully saturated rings. The molecule has 0 saturated heterocycles. The molecule has 1 heterocycles. The van der Waals surface area contributed by atoms with Gasteiger partial charge in [0.05, 0.1) is 4.92 Å². The van der Waals surface area contributed by atoms with Gasteiger partial charge in [-0.2, -0.15) is 0 Å². The highest BCUT2D eigenvalue weighted by atomic mass is 32.2. The predicted octanol–water partition coefficient (Wildman–Crippen LogP) is 4.09. The molecule has 2 aromatic carbocycles. The first-order valence-corrected chi connectivity index (χ1v) is 8.94. The van der Waals surface area contributed by atoms with Crippen molar-refractivity contribution in [2.24, 2.45) is 0 Å². The lowest BCUT2D eigenvalue weighted by molar-refractivity contribution is -0.384. The molecule has 8 heteroatoms. The largest absolute Gasteiger partial charge is 0.378 e. The Labute approximate surface area is 155 Å². The molecule has 0 aliphatic rings. The fraction of sp³-hybridized carbons (Fsp3) is 0.222. The van der Waals surface area contributed by atoms with Crippen LogP contribution in [0.3, 0.4) is 0 Å². The van der Waals surface area contributed by atoms with Gasteiger partial charge in [-0.15, -0.1) is 10.2 Å². The second-order valence-corrected chi connectivity index (χ2v) is 6.89. The van der Waals surface area contributed by atoms with Crippen LogP contribution in [0.25, 0.3) is 11.4 Å². The number of nitro benzene ring substituents is 1. The standard InChI is InChI=1S/C18H19N5O2S/c1-4-22-17(13-5-7-14(8-6-13)21(2)3)19-20-18(22)26-16-11-9-15(10-12-16)23(24)25/h5-12H,4H2,1-3H3. The number of nitro groups is 1. The van der Waals surface area contributed by atoms with Gasteiger partial charge in [-0.05, 0) is 55.1 Å². The Morgan fingerprint density at radius 1 is 1.08 bits per heavy atom. The van der Waals surface area contributed by atoms with Crippen LogP contribution in [0.1, 0.15) is 6.92 Å². The van der Waals surface area contributed by atoms with Crippen molar-refractivity contribution in [1.29, 1.82) is 0 Å². The molecule has 0 saturated carbocycles. The molecular formula is C18H19N5O2S. The molecule has 0 aliphatic heterocycles. The fourth-order valence-corrected chi connectivity index (χ4v) is 3.40. The van der Waals surface area contributed by atoms with Gasteiger partial charge in [-0.3, -0.25) is 10.1 Å². The summed E-state index contributed by atoms with van der Waals surface area (Å²) in [6.45, 7) is 2.77. The molecule has 0 bridgehead atoms. The lowest BCUT2D eigenvalue weighted by atomic mass is 10.2. The molecule has 26 heavy (non-hydrogen) atoms. The van der Waals surface area contributed by atoms with Gasteiger partial charge >= 0.3 is 0 Å². The summed E-state index contributed by atoms with van der Waals surface area (Å²) in [5.74, 6) is 0.808. The zero-order valence-corrected chi connectivity index (χ0v) is 15.6. The molecule has 3 aromatic rings. The summed E-state index contributed by atoms with van der Waals surface area (Å²) in [5, 5.41) is 20.2. The minimum atomic E-state index is -0.404. The summed E-state index contributed by atoms with van der Waals surface area (Å²) in [6.07, 6.45) is 0. The first-order valence-electron chi connectivity index (χ1n) is 8.13. The summed E-state index contributed by atoms with van der Waals surface area (Å²) in [5.41, 5.74) is 2.20. The van der Waals surface area contributed by atoms with Gasteiger partial charge in [0.15, 0.2) is 11.0 Å². The molecular weight excluding hydrogens is 350 g/mol. The molecule has 0 amide bonds. The lowest BCUT2D eigenvalue weighted by Gasteiger charge is -2.13. The first kappa shape index (κ1) is 17.9. The van der Waals surface area contributed by atoms with Gasteiger partial charge in [-0.1, -0.05) is 0 Å². The summed E-state index contributed by atoms with van der Waals surface area (Å²) in [4.78, 5) is 13.3. The monoisotopic (exact) mass is 369 g/mol. The topological polar surface area (TPSA) is 77.1 Å². The van der Waals surface area contributed by atoms with Crippen LogP contribution in [0.2, 0.25) is 0 Å². The van der Waals surface area contributed by atoms with E-state index in [0.717, 1.165) is 33.7 Å². The van der Waals surface area contributed by atoms with Crippen molar-refractivity contribution in [1.82, 2.24) is 14.8 Å². The normalized spacial score (nSPS) is 10.7. The van der Waals surface area contributed by atoms with Crippen LogP contribution in [0, 0.1) is 10.1 Å². The fourth-order valence-electron chi connectivity index (χ4n) is 2.51. The van der Waals surface area contributed by atoms with Gasteiger partial charge in [0.1, 0.15) is 0 Å². The van der Waals surface area contributed by atoms with Crippen molar-refractivity contribution in [3.63, 3.8) is 0 Å². The highest BCUT2D eigenvalue weighted by molar-refractivity contribution is 7.99. The molecule has 134 valence electrons.